The summed E-state index contributed by atoms with van der Waals surface area (Å²) in [5.74, 6) is 1.78. The lowest BCUT2D eigenvalue weighted by molar-refractivity contribution is -0.137. The van der Waals surface area contributed by atoms with Crippen molar-refractivity contribution in [2.45, 2.75) is 33.0 Å². The number of carbonyl (C=O) groups is 1. The fourth-order valence-corrected chi connectivity index (χ4v) is 4.98. The van der Waals surface area contributed by atoms with Crippen LogP contribution in [0.3, 0.4) is 0 Å². The number of piperidine rings is 1. The fraction of sp³-hybridized carbons (Fsp3) is 0.393. The monoisotopic (exact) mass is 526 g/mol. The van der Waals surface area contributed by atoms with Crippen LogP contribution in [0.5, 0.6) is 0 Å². The number of carbonyl (C=O) groups excluding carboxylic acids is 1. The molecular formula is C28H29F3N4O3. The molecule has 200 valence electrons. The summed E-state index contributed by atoms with van der Waals surface area (Å²) in [7, 11) is 0. The Labute approximate surface area is 218 Å². The van der Waals surface area contributed by atoms with Crippen LogP contribution in [-0.4, -0.2) is 48.8 Å². The normalized spacial score (nSPS) is 21.3. The fourth-order valence-electron chi connectivity index (χ4n) is 4.98. The molecule has 0 aliphatic carbocycles. The molecule has 7 nitrogen and oxygen atoms in total. The summed E-state index contributed by atoms with van der Waals surface area (Å²) in [6.07, 6.45) is -2.72. The third-order valence-corrected chi connectivity index (χ3v) is 6.91. The number of benzene rings is 1. The van der Waals surface area contributed by atoms with Gasteiger partial charge in [0.1, 0.15) is 11.6 Å². The molecule has 10 heteroatoms. The van der Waals surface area contributed by atoms with Crippen LogP contribution in [0.1, 0.15) is 42.5 Å². The molecule has 0 radical (unpaired) electrons. The largest absolute Gasteiger partial charge is 0.416 e. The first kappa shape index (κ1) is 26.0. The minimum absolute atomic E-state index is 0.0996. The van der Waals surface area contributed by atoms with Crippen molar-refractivity contribution < 1.29 is 27.2 Å². The van der Waals surface area contributed by atoms with Gasteiger partial charge in [-0.25, -0.2) is 4.98 Å². The zero-order valence-electron chi connectivity index (χ0n) is 21.5. The number of halogens is 3. The third kappa shape index (κ3) is 5.18. The van der Waals surface area contributed by atoms with Crippen LogP contribution in [0.2, 0.25) is 0 Å². The Morgan fingerprint density at radius 3 is 2.39 bits per heavy atom. The highest BCUT2D eigenvalue weighted by atomic mass is 19.4. The van der Waals surface area contributed by atoms with Gasteiger partial charge in [-0.1, -0.05) is 37.2 Å². The molecule has 0 bridgehead atoms. The lowest BCUT2D eigenvalue weighted by Gasteiger charge is -2.44. The number of alkyl halides is 3. The number of pyridine rings is 1. The lowest BCUT2D eigenvalue weighted by Crippen LogP contribution is -2.49. The van der Waals surface area contributed by atoms with Gasteiger partial charge in [0, 0.05) is 36.7 Å². The number of rotatable bonds is 4. The first-order chi connectivity index (χ1) is 18.0. The van der Waals surface area contributed by atoms with Gasteiger partial charge in [-0.2, -0.15) is 13.2 Å². The zero-order valence-corrected chi connectivity index (χ0v) is 21.5. The van der Waals surface area contributed by atoms with Gasteiger partial charge in [-0.3, -0.25) is 4.79 Å². The van der Waals surface area contributed by atoms with Gasteiger partial charge in [0.05, 0.1) is 30.5 Å². The van der Waals surface area contributed by atoms with Crippen molar-refractivity contribution in [1.29, 1.82) is 0 Å². The molecule has 5 rings (SSSR count). The summed E-state index contributed by atoms with van der Waals surface area (Å²) >= 11 is 0. The number of nitrogens with zero attached hydrogens (tertiary/aromatic N) is 4. The van der Waals surface area contributed by atoms with E-state index in [-0.39, 0.29) is 5.78 Å². The van der Waals surface area contributed by atoms with Gasteiger partial charge in [0.25, 0.3) is 0 Å². The van der Waals surface area contributed by atoms with Crippen molar-refractivity contribution in [3.8, 4) is 0 Å². The summed E-state index contributed by atoms with van der Waals surface area (Å²) in [5, 5.41) is 4.18. The van der Waals surface area contributed by atoms with Crippen LogP contribution in [0.25, 0.3) is 6.08 Å². The highest BCUT2D eigenvalue weighted by Crippen LogP contribution is 2.44. The van der Waals surface area contributed by atoms with E-state index in [4.69, 9.17) is 14.2 Å². The van der Waals surface area contributed by atoms with E-state index in [1.807, 2.05) is 36.9 Å². The molecule has 2 aliphatic heterocycles. The number of hydrogen-bond donors (Lipinski definition) is 0. The SMILES string of the molecule is Cc1cc(N2CC(C)(C)C(=O)/C(=C\c3cccc(N4CCOCC4)n3)C2c2ccc(C(F)(F)F)cc2)no1. The molecule has 1 aromatic carbocycles. The molecule has 2 fully saturated rings. The second-order valence-electron chi connectivity index (χ2n) is 10.3. The van der Waals surface area contributed by atoms with E-state index >= 15 is 0 Å². The number of ether oxygens (including phenoxy) is 1. The van der Waals surface area contributed by atoms with Gasteiger partial charge in [0.15, 0.2) is 11.6 Å². The zero-order chi connectivity index (χ0) is 27.1. The first-order valence-electron chi connectivity index (χ1n) is 12.5. The average molecular weight is 527 g/mol. The van der Waals surface area contributed by atoms with E-state index in [1.165, 1.54) is 12.1 Å². The molecule has 0 amide bonds. The number of aryl methyl sites for hydroxylation is 1. The van der Waals surface area contributed by atoms with Crippen LogP contribution < -0.4 is 9.80 Å². The Kier molecular flexibility index (Phi) is 6.77. The summed E-state index contributed by atoms with van der Waals surface area (Å²) in [6, 6.07) is 11.6. The van der Waals surface area contributed by atoms with Crippen LogP contribution in [0, 0.1) is 12.3 Å². The molecule has 0 saturated carbocycles. The predicted octanol–water partition coefficient (Wildman–Crippen LogP) is 5.47. The van der Waals surface area contributed by atoms with Crippen molar-refractivity contribution in [2.75, 3.05) is 42.6 Å². The molecule has 2 aliphatic rings. The number of Topliss-reactive ketones (excluding diaryl/α,β-unsaturated/α-hetero) is 1. The van der Waals surface area contributed by atoms with Crippen LogP contribution in [-0.2, 0) is 15.7 Å². The summed E-state index contributed by atoms with van der Waals surface area (Å²) in [4.78, 5) is 22.7. The van der Waals surface area contributed by atoms with E-state index in [9.17, 15) is 18.0 Å². The molecule has 2 aromatic heterocycles. The molecule has 0 spiro atoms. The van der Waals surface area contributed by atoms with E-state index in [0.29, 0.717) is 61.3 Å². The maximum Gasteiger partial charge on any atom is 0.416 e. The van der Waals surface area contributed by atoms with E-state index in [2.05, 4.69) is 10.1 Å². The smallest absolute Gasteiger partial charge is 0.378 e. The van der Waals surface area contributed by atoms with Crippen molar-refractivity contribution in [3.05, 3.63) is 76.7 Å². The Balaban J connectivity index is 1.62. The maximum absolute atomic E-state index is 13.9. The van der Waals surface area contributed by atoms with Crippen molar-refractivity contribution in [2.24, 2.45) is 5.41 Å². The number of morpholine rings is 1. The Bertz CT molecular complexity index is 1340. The highest BCUT2D eigenvalue weighted by Gasteiger charge is 2.45. The number of ketones is 1. The number of anilines is 2. The Morgan fingerprint density at radius 1 is 1.05 bits per heavy atom. The average Bonchev–Trinajstić information content (AvgIpc) is 3.33. The molecule has 1 unspecified atom stereocenters. The molecule has 38 heavy (non-hydrogen) atoms. The minimum Gasteiger partial charge on any atom is -0.378 e. The predicted molar refractivity (Wildman–Crippen MR) is 137 cm³/mol. The quantitative estimate of drug-likeness (QED) is 0.417. The lowest BCUT2D eigenvalue weighted by atomic mass is 9.74. The van der Waals surface area contributed by atoms with Gasteiger partial charge in [-0.05, 0) is 42.8 Å². The standard InChI is InChI=1S/C28H29F3N4O3/c1-18-15-24(33-38-18)35-17-27(2,3)26(36)22(25(35)19-7-9-20(10-8-19)28(29,30)31)16-21-5-4-6-23(32-21)34-11-13-37-14-12-34/h4-10,15-16,25H,11-14,17H2,1-3H3/b22-16-. The summed E-state index contributed by atoms with van der Waals surface area (Å²) in [6.45, 7) is 8.43. The Morgan fingerprint density at radius 2 is 1.76 bits per heavy atom. The molecular weight excluding hydrogens is 497 g/mol. The summed E-state index contributed by atoms with van der Waals surface area (Å²) < 4.78 is 50.7. The molecule has 0 N–H and O–H groups in total. The van der Waals surface area contributed by atoms with Crippen molar-refractivity contribution in [1.82, 2.24) is 10.1 Å². The number of aromatic nitrogens is 2. The first-order valence-corrected chi connectivity index (χ1v) is 12.5. The second-order valence-corrected chi connectivity index (χ2v) is 10.3. The van der Waals surface area contributed by atoms with Crippen molar-refractivity contribution in [3.63, 3.8) is 0 Å². The van der Waals surface area contributed by atoms with Gasteiger partial charge >= 0.3 is 6.18 Å². The van der Waals surface area contributed by atoms with E-state index in [0.717, 1.165) is 18.0 Å². The second kappa shape index (κ2) is 9.90. The third-order valence-electron chi connectivity index (χ3n) is 6.91. The van der Waals surface area contributed by atoms with Gasteiger partial charge in [0.2, 0.25) is 0 Å². The molecule has 3 aromatic rings. The van der Waals surface area contributed by atoms with E-state index in [1.54, 1.807) is 19.1 Å². The number of hydrogen-bond acceptors (Lipinski definition) is 7. The van der Waals surface area contributed by atoms with Crippen LogP contribution >= 0.6 is 0 Å². The maximum atomic E-state index is 13.9. The van der Waals surface area contributed by atoms with Crippen molar-refractivity contribution >= 4 is 23.5 Å². The molecule has 2 saturated heterocycles. The summed E-state index contributed by atoms with van der Waals surface area (Å²) in [5.41, 5.74) is 0.00990. The molecule has 4 heterocycles. The highest BCUT2D eigenvalue weighted by molar-refractivity contribution is 6.06. The van der Waals surface area contributed by atoms with E-state index < -0.39 is 23.2 Å². The topological polar surface area (TPSA) is 71.7 Å². The van der Waals surface area contributed by atoms with Gasteiger partial charge in [-0.15, -0.1) is 0 Å². The van der Waals surface area contributed by atoms with Crippen LogP contribution in [0.4, 0.5) is 24.8 Å². The van der Waals surface area contributed by atoms with Crippen LogP contribution in [0.15, 0.2) is 58.6 Å². The Hall–Kier alpha value is -3.66. The van der Waals surface area contributed by atoms with Gasteiger partial charge < -0.3 is 19.1 Å². The molecule has 1 atom stereocenters. The minimum atomic E-state index is -4.46.